The topological polar surface area (TPSA) is 42.9 Å². The Labute approximate surface area is 163 Å². The van der Waals surface area contributed by atoms with E-state index in [1.807, 2.05) is 6.07 Å². The molecule has 150 valence electrons. The fourth-order valence-corrected chi connectivity index (χ4v) is 3.75. The highest BCUT2D eigenvalue weighted by atomic mass is 19.1. The first-order chi connectivity index (χ1) is 13.1. The standard InChI is InChI=1S/C21H34FN5/c1-23-20(24-10-3-4-11-27-14-12-26(2)13-15-27)25-17-21(8-9-21)18-6-5-7-19(22)16-18/h5-7,16H,3-4,8-15,17H2,1-2H3,(H2,23,24,25). The molecule has 3 rings (SSSR count). The van der Waals surface area contributed by atoms with Crippen LogP contribution in [0.3, 0.4) is 0 Å². The number of hydrogen-bond acceptors (Lipinski definition) is 3. The largest absolute Gasteiger partial charge is 0.356 e. The van der Waals surface area contributed by atoms with Crippen molar-refractivity contribution >= 4 is 5.96 Å². The fraction of sp³-hybridized carbons (Fsp3) is 0.667. The van der Waals surface area contributed by atoms with E-state index in [0.717, 1.165) is 43.9 Å². The van der Waals surface area contributed by atoms with Gasteiger partial charge >= 0.3 is 0 Å². The van der Waals surface area contributed by atoms with Gasteiger partial charge in [0.2, 0.25) is 0 Å². The van der Waals surface area contributed by atoms with Gasteiger partial charge in [-0.15, -0.1) is 0 Å². The number of halogens is 1. The van der Waals surface area contributed by atoms with Crippen molar-refractivity contribution in [3.63, 3.8) is 0 Å². The van der Waals surface area contributed by atoms with Crippen LogP contribution in [-0.4, -0.2) is 75.7 Å². The maximum atomic E-state index is 13.5. The van der Waals surface area contributed by atoms with Crippen LogP contribution in [0.25, 0.3) is 0 Å². The minimum Gasteiger partial charge on any atom is -0.356 e. The van der Waals surface area contributed by atoms with Gasteiger partial charge in [0, 0.05) is 51.7 Å². The lowest BCUT2D eigenvalue weighted by molar-refractivity contribution is 0.152. The normalized spacial score (nSPS) is 20.5. The smallest absolute Gasteiger partial charge is 0.191 e. The SMILES string of the molecule is CN=C(NCCCCN1CCN(C)CC1)NCC1(c2cccc(F)c2)CC1. The Balaban J connectivity index is 1.33. The van der Waals surface area contributed by atoms with Gasteiger partial charge in [0.1, 0.15) is 5.82 Å². The summed E-state index contributed by atoms with van der Waals surface area (Å²) in [4.78, 5) is 9.28. The molecular formula is C21H34FN5. The van der Waals surface area contributed by atoms with E-state index in [2.05, 4.69) is 32.5 Å². The van der Waals surface area contributed by atoms with E-state index < -0.39 is 0 Å². The lowest BCUT2D eigenvalue weighted by Gasteiger charge is -2.32. The summed E-state index contributed by atoms with van der Waals surface area (Å²) in [6.07, 6.45) is 4.56. The van der Waals surface area contributed by atoms with Crippen LogP contribution in [0, 0.1) is 5.82 Å². The molecule has 2 aliphatic rings. The Bertz CT molecular complexity index is 621. The molecule has 27 heavy (non-hydrogen) atoms. The van der Waals surface area contributed by atoms with E-state index in [1.54, 1.807) is 19.2 Å². The molecule has 1 aromatic rings. The van der Waals surface area contributed by atoms with E-state index in [0.29, 0.717) is 0 Å². The first-order valence-corrected chi connectivity index (χ1v) is 10.2. The van der Waals surface area contributed by atoms with Crippen molar-refractivity contribution in [2.45, 2.75) is 31.1 Å². The van der Waals surface area contributed by atoms with Gasteiger partial charge in [-0.3, -0.25) is 4.99 Å². The fourth-order valence-electron chi connectivity index (χ4n) is 3.75. The van der Waals surface area contributed by atoms with Crippen LogP contribution in [-0.2, 0) is 5.41 Å². The monoisotopic (exact) mass is 375 g/mol. The zero-order chi connectivity index (χ0) is 19.1. The van der Waals surface area contributed by atoms with Crippen LogP contribution in [0.15, 0.2) is 29.3 Å². The molecule has 1 saturated heterocycles. The minimum absolute atomic E-state index is 0.0706. The van der Waals surface area contributed by atoms with Gasteiger partial charge in [-0.1, -0.05) is 12.1 Å². The summed E-state index contributed by atoms with van der Waals surface area (Å²) in [5.41, 5.74) is 1.17. The van der Waals surface area contributed by atoms with Crippen LogP contribution in [0.2, 0.25) is 0 Å². The van der Waals surface area contributed by atoms with Crippen LogP contribution < -0.4 is 10.6 Å². The van der Waals surface area contributed by atoms with Crippen LogP contribution in [0.1, 0.15) is 31.2 Å². The molecule has 0 bridgehead atoms. The van der Waals surface area contributed by atoms with Crippen molar-refractivity contribution in [2.75, 3.05) is 59.9 Å². The average molecular weight is 376 g/mol. The van der Waals surface area contributed by atoms with Crippen LogP contribution in [0.5, 0.6) is 0 Å². The van der Waals surface area contributed by atoms with Crippen molar-refractivity contribution in [1.82, 2.24) is 20.4 Å². The van der Waals surface area contributed by atoms with Gasteiger partial charge < -0.3 is 20.4 Å². The summed E-state index contributed by atoms with van der Waals surface area (Å²) in [6.45, 7) is 7.66. The molecule has 2 N–H and O–H groups in total. The zero-order valence-corrected chi connectivity index (χ0v) is 16.8. The van der Waals surface area contributed by atoms with E-state index in [4.69, 9.17) is 0 Å². The predicted octanol–water partition coefficient (Wildman–Crippen LogP) is 2.05. The number of aliphatic imine (C=N–C) groups is 1. The summed E-state index contributed by atoms with van der Waals surface area (Å²) in [5.74, 6) is 0.693. The molecule has 6 heteroatoms. The lowest BCUT2D eigenvalue weighted by atomic mass is 9.96. The number of unbranched alkanes of at least 4 members (excludes halogenated alkanes) is 1. The van der Waals surface area contributed by atoms with Crippen molar-refractivity contribution in [2.24, 2.45) is 4.99 Å². The van der Waals surface area contributed by atoms with Gasteiger partial charge in [-0.25, -0.2) is 4.39 Å². The second kappa shape index (κ2) is 9.51. The Morgan fingerprint density at radius 3 is 2.59 bits per heavy atom. The average Bonchev–Trinajstić information content (AvgIpc) is 3.47. The molecule has 0 atom stereocenters. The number of benzene rings is 1. The van der Waals surface area contributed by atoms with Gasteiger partial charge in [0.05, 0.1) is 0 Å². The van der Waals surface area contributed by atoms with Crippen molar-refractivity contribution in [3.8, 4) is 0 Å². The first-order valence-electron chi connectivity index (χ1n) is 10.2. The Morgan fingerprint density at radius 1 is 1.15 bits per heavy atom. The number of rotatable bonds is 8. The molecule has 0 aromatic heterocycles. The highest BCUT2D eigenvalue weighted by Gasteiger charge is 2.44. The van der Waals surface area contributed by atoms with Gasteiger partial charge in [-0.05, 0) is 57.0 Å². The molecule has 1 aromatic carbocycles. The van der Waals surface area contributed by atoms with E-state index >= 15 is 0 Å². The third kappa shape index (κ3) is 5.91. The van der Waals surface area contributed by atoms with Crippen molar-refractivity contribution in [3.05, 3.63) is 35.6 Å². The van der Waals surface area contributed by atoms with Gasteiger partial charge in [0.15, 0.2) is 5.96 Å². The minimum atomic E-state index is -0.151. The highest BCUT2D eigenvalue weighted by molar-refractivity contribution is 5.79. The summed E-state index contributed by atoms with van der Waals surface area (Å²) in [5, 5.41) is 6.85. The number of guanidine groups is 1. The first kappa shape index (κ1) is 20.1. The highest BCUT2D eigenvalue weighted by Crippen LogP contribution is 2.47. The summed E-state index contributed by atoms with van der Waals surface area (Å²) in [6, 6.07) is 7.02. The van der Waals surface area contributed by atoms with E-state index in [-0.39, 0.29) is 11.2 Å². The molecule has 0 spiro atoms. The summed E-state index contributed by atoms with van der Waals surface area (Å²) in [7, 11) is 4.00. The molecule has 0 radical (unpaired) electrons. The second-order valence-corrected chi connectivity index (χ2v) is 8.00. The van der Waals surface area contributed by atoms with Crippen molar-refractivity contribution < 1.29 is 4.39 Å². The number of piperazine rings is 1. The quantitative estimate of drug-likeness (QED) is 0.415. The molecule has 1 saturated carbocycles. The summed E-state index contributed by atoms with van der Waals surface area (Å²) < 4.78 is 13.5. The summed E-state index contributed by atoms with van der Waals surface area (Å²) >= 11 is 0. The number of likely N-dealkylation sites (N-methyl/N-ethyl adjacent to an activating group) is 1. The number of nitrogens with one attached hydrogen (secondary N) is 2. The maximum Gasteiger partial charge on any atom is 0.191 e. The number of hydrogen-bond donors (Lipinski definition) is 2. The molecule has 0 unspecified atom stereocenters. The van der Waals surface area contributed by atoms with Crippen molar-refractivity contribution in [1.29, 1.82) is 0 Å². The predicted molar refractivity (Wildman–Crippen MR) is 110 cm³/mol. The van der Waals surface area contributed by atoms with Gasteiger partial charge in [-0.2, -0.15) is 0 Å². The van der Waals surface area contributed by atoms with E-state index in [1.165, 1.54) is 45.2 Å². The third-order valence-corrected chi connectivity index (χ3v) is 5.90. The molecule has 2 fully saturated rings. The van der Waals surface area contributed by atoms with E-state index in [9.17, 15) is 4.39 Å². The zero-order valence-electron chi connectivity index (χ0n) is 16.8. The molecule has 1 aliphatic carbocycles. The Hall–Kier alpha value is -1.66. The second-order valence-electron chi connectivity index (χ2n) is 8.00. The third-order valence-electron chi connectivity index (χ3n) is 5.90. The molecule has 0 amide bonds. The molecular weight excluding hydrogens is 341 g/mol. The molecule has 1 heterocycles. The molecule has 5 nitrogen and oxygen atoms in total. The number of nitrogens with zero attached hydrogens (tertiary/aromatic N) is 3. The van der Waals surface area contributed by atoms with Gasteiger partial charge in [0.25, 0.3) is 0 Å². The molecule has 1 aliphatic heterocycles. The maximum absolute atomic E-state index is 13.5. The Kier molecular flexibility index (Phi) is 7.07. The van der Waals surface area contributed by atoms with Crippen LogP contribution in [0.4, 0.5) is 4.39 Å². The lowest BCUT2D eigenvalue weighted by Crippen LogP contribution is -2.45. The Morgan fingerprint density at radius 2 is 1.93 bits per heavy atom. The van der Waals surface area contributed by atoms with Crippen LogP contribution >= 0.6 is 0 Å².